The first kappa shape index (κ1) is 62.9. The molecule has 1 atom stereocenters. The van der Waals surface area contributed by atoms with Crippen LogP contribution in [0, 0.1) is 0 Å². The van der Waals surface area contributed by atoms with Gasteiger partial charge in [-0.2, -0.15) is 0 Å². The van der Waals surface area contributed by atoms with Crippen molar-refractivity contribution in [1.29, 1.82) is 0 Å². The van der Waals surface area contributed by atoms with Crippen LogP contribution in [0.25, 0.3) is 44.0 Å². The van der Waals surface area contributed by atoms with Crippen LogP contribution in [0.2, 0.25) is 0 Å². The molecule has 1 aliphatic rings. The number of fused-ring (bicyclic) bond motifs is 3. The normalized spacial score (nSPS) is 12.4. The fourth-order valence-corrected chi connectivity index (χ4v) is 9.01. The zero-order valence-electron chi connectivity index (χ0n) is 48.3. The molecule has 1 N–H and O–H groups in total. The number of esters is 6. The van der Waals surface area contributed by atoms with Gasteiger partial charge < -0.3 is 42.7 Å². The highest BCUT2D eigenvalue weighted by molar-refractivity contribution is 5.94. The van der Waals surface area contributed by atoms with Crippen LogP contribution in [-0.2, 0) is 67.0 Å². The quantitative estimate of drug-likeness (QED) is 0.0159. The Morgan fingerprint density at radius 2 is 1.02 bits per heavy atom. The van der Waals surface area contributed by atoms with Crippen molar-refractivity contribution in [2.75, 3.05) is 26.4 Å². The number of hydrogen-bond acceptors (Lipinski definition) is 16. The highest BCUT2D eigenvalue weighted by Gasteiger charge is 2.26. The average Bonchev–Trinajstić information content (AvgIpc) is 3.21. The van der Waals surface area contributed by atoms with Gasteiger partial charge in [-0.1, -0.05) is 75.9 Å². The van der Waals surface area contributed by atoms with Gasteiger partial charge in [0.05, 0.1) is 43.6 Å². The van der Waals surface area contributed by atoms with Crippen molar-refractivity contribution >= 4 is 57.6 Å². The van der Waals surface area contributed by atoms with Crippen molar-refractivity contribution in [3.8, 4) is 39.5 Å². The molecular formula is C69H68O16. The van der Waals surface area contributed by atoms with Gasteiger partial charge in [0.1, 0.15) is 35.2 Å². The van der Waals surface area contributed by atoms with Crippen LogP contribution in [0.4, 0.5) is 0 Å². The number of aliphatic hydroxyl groups is 1. The summed E-state index contributed by atoms with van der Waals surface area (Å²) in [5, 5.41) is 13.2. The largest absolute Gasteiger partial charge is 0.465 e. The molecule has 0 spiro atoms. The third-order valence-corrected chi connectivity index (χ3v) is 13.8. The van der Waals surface area contributed by atoms with Gasteiger partial charge >= 0.3 is 35.8 Å². The van der Waals surface area contributed by atoms with E-state index in [0.29, 0.717) is 88.7 Å². The summed E-state index contributed by atoms with van der Waals surface area (Å²) in [6.07, 6.45) is 5.03. The molecule has 85 heavy (non-hydrogen) atoms. The van der Waals surface area contributed by atoms with Gasteiger partial charge in [0.2, 0.25) is 5.43 Å². The molecule has 16 heteroatoms. The van der Waals surface area contributed by atoms with Gasteiger partial charge in [-0.3, -0.25) is 4.79 Å². The maximum absolute atomic E-state index is 14.3. The highest BCUT2D eigenvalue weighted by Crippen LogP contribution is 2.41. The molecule has 0 saturated carbocycles. The Kier molecular flexibility index (Phi) is 21.5. The Hall–Kier alpha value is -9.67. The van der Waals surface area contributed by atoms with Crippen LogP contribution in [0.1, 0.15) is 94.6 Å². The van der Waals surface area contributed by atoms with Gasteiger partial charge in [0.25, 0.3) is 0 Å². The average molecular weight is 1150 g/mol. The third-order valence-electron chi connectivity index (χ3n) is 13.8. The Morgan fingerprint density at radius 1 is 0.518 bits per heavy atom. The molecule has 1 aromatic heterocycles. The molecule has 2 heterocycles. The third kappa shape index (κ3) is 16.8. The fraction of sp³-hybridized carbons (Fsp3) is 0.261. The molecule has 0 fully saturated rings. The van der Waals surface area contributed by atoms with E-state index in [2.05, 4.69) is 39.5 Å². The molecule has 5 aromatic carbocycles. The number of carbonyl (C=O) groups excluding carboxylic acids is 6. The van der Waals surface area contributed by atoms with Crippen molar-refractivity contribution in [3.63, 3.8) is 0 Å². The summed E-state index contributed by atoms with van der Waals surface area (Å²) >= 11 is 0. The van der Waals surface area contributed by atoms with E-state index in [0.717, 1.165) is 38.6 Å². The van der Waals surface area contributed by atoms with Crippen molar-refractivity contribution in [3.05, 3.63) is 208 Å². The molecule has 1 unspecified atom stereocenters. The summed E-state index contributed by atoms with van der Waals surface area (Å²) in [7, 11) is 0. The molecule has 0 aliphatic carbocycles. The van der Waals surface area contributed by atoms with E-state index < -0.39 is 41.9 Å². The zero-order chi connectivity index (χ0) is 61.5. The number of hydrogen-bond donors (Lipinski definition) is 1. The van der Waals surface area contributed by atoms with Crippen LogP contribution in [0.5, 0.6) is 17.2 Å². The molecular weight excluding hydrogens is 1080 g/mol. The fourth-order valence-electron chi connectivity index (χ4n) is 9.01. The molecule has 0 bridgehead atoms. The first-order valence-electron chi connectivity index (χ1n) is 27.6. The SMILES string of the molecule is C=C(C)C(=O)OCCCc1cc(CCCOC(=O)C(=C)C)c2occ(-c3ccc4cc(OC(=O)C(=C)CCC(=C)C(=O)Oc5ccc(-c6cc7c(cc6CCCOC(=O)C(=C)C)C(O)C(CCOC(=O)C(=C)C)=CO7)cc5)ccc4c3)c(=O)c2c1. The summed E-state index contributed by atoms with van der Waals surface area (Å²) in [6.45, 7) is 29.0. The minimum absolute atomic E-state index is 0.0230. The van der Waals surface area contributed by atoms with Crippen LogP contribution in [-0.4, -0.2) is 67.3 Å². The minimum atomic E-state index is -1.04. The Morgan fingerprint density at radius 3 is 1.61 bits per heavy atom. The first-order chi connectivity index (χ1) is 40.6. The highest BCUT2D eigenvalue weighted by atomic mass is 16.6. The number of ether oxygens (including phenoxy) is 7. The lowest BCUT2D eigenvalue weighted by Gasteiger charge is -2.25. The molecule has 0 amide bonds. The van der Waals surface area contributed by atoms with E-state index in [-0.39, 0.29) is 84.9 Å². The zero-order valence-corrected chi connectivity index (χ0v) is 48.3. The number of benzene rings is 5. The molecule has 440 valence electrons. The minimum Gasteiger partial charge on any atom is -0.465 e. The van der Waals surface area contributed by atoms with Crippen LogP contribution in [0.15, 0.2) is 185 Å². The molecule has 7 rings (SSSR count). The molecule has 16 nitrogen and oxygen atoms in total. The van der Waals surface area contributed by atoms with Gasteiger partial charge in [-0.15, -0.1) is 0 Å². The molecule has 0 radical (unpaired) electrons. The van der Waals surface area contributed by atoms with E-state index in [1.165, 1.54) is 12.5 Å². The maximum Gasteiger partial charge on any atom is 0.338 e. The van der Waals surface area contributed by atoms with E-state index in [1.807, 2.05) is 18.2 Å². The molecule has 0 saturated heterocycles. The smallest absolute Gasteiger partial charge is 0.338 e. The number of rotatable bonds is 28. The second kappa shape index (κ2) is 29.0. The molecule has 1 aliphatic heterocycles. The second-order valence-electron chi connectivity index (χ2n) is 20.8. The molecule has 6 aromatic rings. The van der Waals surface area contributed by atoms with Crippen molar-refractivity contribution in [1.82, 2.24) is 0 Å². The summed E-state index contributed by atoms with van der Waals surface area (Å²) in [5.74, 6) is -2.49. The van der Waals surface area contributed by atoms with Crippen molar-refractivity contribution in [2.45, 2.75) is 91.6 Å². The van der Waals surface area contributed by atoms with Crippen LogP contribution < -0.4 is 19.6 Å². The van der Waals surface area contributed by atoms with Crippen molar-refractivity contribution in [2.24, 2.45) is 0 Å². The van der Waals surface area contributed by atoms with E-state index in [1.54, 1.807) is 94.4 Å². The standard InChI is InChI=1S/C69H68O16/c1-40(2)64(72)78-28-11-14-46-32-52(16-13-30-80-66(74)42(5)6)63-58(33-46)62(71)59(39-83-63)51-20-19-49-35-55(26-23-48(49)34-51)85-69(77)45(10)18-17-44(9)68(76)84-54-24-21-47(22-25-54)56-37-60-57(36-50(56)15-12-29-79-65(73)41(3)4)61(70)53(38-82-60)27-31-81-67(75)43(7)8/h19-26,32-39,61,70H,1,3,5,7,9-18,27-31H2,2,4,6,8H3. The number of aryl methyl sites for hydroxylation is 3. The maximum atomic E-state index is 14.3. The summed E-state index contributed by atoms with van der Waals surface area (Å²) < 4.78 is 44.7. The number of carbonyl (C=O) groups is 6. The predicted octanol–water partition coefficient (Wildman–Crippen LogP) is 12.7. The lowest BCUT2D eigenvalue weighted by atomic mass is 9.89. The first-order valence-corrected chi connectivity index (χ1v) is 27.6. The lowest BCUT2D eigenvalue weighted by Crippen LogP contribution is -2.14. The van der Waals surface area contributed by atoms with Gasteiger partial charge in [-0.05, 0) is 172 Å². The van der Waals surface area contributed by atoms with Gasteiger partial charge in [0.15, 0.2) is 0 Å². The van der Waals surface area contributed by atoms with E-state index >= 15 is 0 Å². The predicted molar refractivity (Wildman–Crippen MR) is 322 cm³/mol. The van der Waals surface area contributed by atoms with Gasteiger partial charge in [-0.25, -0.2) is 28.8 Å². The summed E-state index contributed by atoms with van der Waals surface area (Å²) in [6, 6.07) is 24.7. The van der Waals surface area contributed by atoms with Crippen molar-refractivity contribution < 1.29 is 71.4 Å². The monoisotopic (exact) mass is 1150 g/mol. The van der Waals surface area contributed by atoms with E-state index in [4.69, 9.17) is 37.6 Å². The number of aliphatic hydroxyl groups excluding tert-OH is 1. The Balaban J connectivity index is 0.960. The summed E-state index contributed by atoms with van der Waals surface area (Å²) in [4.78, 5) is 88.7. The second-order valence-corrected chi connectivity index (χ2v) is 20.8. The summed E-state index contributed by atoms with van der Waals surface area (Å²) in [5.41, 5.74) is 7.40. The van der Waals surface area contributed by atoms with Crippen LogP contribution in [0.3, 0.4) is 0 Å². The topological polar surface area (TPSA) is 217 Å². The lowest BCUT2D eigenvalue weighted by molar-refractivity contribution is -0.139. The van der Waals surface area contributed by atoms with Crippen LogP contribution >= 0.6 is 0 Å². The van der Waals surface area contributed by atoms with E-state index in [9.17, 15) is 38.7 Å². The van der Waals surface area contributed by atoms with Gasteiger partial charge in [0, 0.05) is 51.0 Å². The Labute approximate surface area is 493 Å². The Bertz CT molecular complexity index is 3780.